The van der Waals surface area contributed by atoms with Crippen molar-refractivity contribution in [3.05, 3.63) is 46.7 Å². The van der Waals surface area contributed by atoms with E-state index in [2.05, 4.69) is 22.0 Å². The Morgan fingerprint density at radius 3 is 2.71 bits per heavy atom. The van der Waals surface area contributed by atoms with Gasteiger partial charge in [0.2, 0.25) is 5.91 Å². The van der Waals surface area contributed by atoms with Crippen molar-refractivity contribution < 1.29 is 13.9 Å². The number of fused-ring (bicyclic) bond motifs is 2. The molecule has 0 bridgehead atoms. The average molecular weight is 502 g/mol. The molecule has 2 heterocycles. The monoisotopic (exact) mass is 501 g/mol. The summed E-state index contributed by atoms with van der Waals surface area (Å²) < 4.78 is 24.1. The van der Waals surface area contributed by atoms with E-state index >= 15 is 0 Å². The Morgan fingerprint density at radius 2 is 2.00 bits per heavy atom. The second-order valence-electron chi connectivity index (χ2n) is 10.6. The zero-order valence-electron chi connectivity index (χ0n) is 19.3. The van der Waals surface area contributed by atoms with Gasteiger partial charge in [0.15, 0.2) is 0 Å². The third kappa shape index (κ3) is 3.76. The van der Waals surface area contributed by atoms with Gasteiger partial charge >= 0.3 is 0 Å². The summed E-state index contributed by atoms with van der Waals surface area (Å²) in [4.78, 5) is 16.0. The van der Waals surface area contributed by atoms with Crippen LogP contribution >= 0.6 is 23.5 Å². The van der Waals surface area contributed by atoms with Crippen LogP contribution in [0.4, 0.5) is 15.8 Å². The lowest BCUT2D eigenvalue weighted by molar-refractivity contribution is -0.120. The highest BCUT2D eigenvalue weighted by atomic mass is 35.5. The van der Waals surface area contributed by atoms with Gasteiger partial charge < -0.3 is 19.7 Å². The van der Waals surface area contributed by atoms with Crippen LogP contribution in [0.3, 0.4) is 0 Å². The van der Waals surface area contributed by atoms with E-state index in [9.17, 15) is 9.18 Å². The number of ether oxygens (including phenoxy) is 1. The van der Waals surface area contributed by atoms with Crippen LogP contribution < -0.4 is 14.8 Å². The fourth-order valence-electron chi connectivity index (χ4n) is 6.44. The highest BCUT2D eigenvalue weighted by Gasteiger charge is 2.51. The molecule has 2 aliphatic heterocycles. The van der Waals surface area contributed by atoms with E-state index in [1.807, 2.05) is 12.1 Å². The molecule has 6 rings (SSSR count). The fourth-order valence-corrected chi connectivity index (χ4v) is 7.23. The molecule has 1 amide bonds. The van der Waals surface area contributed by atoms with Crippen LogP contribution in [0.15, 0.2) is 35.2 Å². The Hall–Kier alpha value is -1.96. The number of benzene rings is 2. The van der Waals surface area contributed by atoms with Crippen LogP contribution in [0.25, 0.3) is 0 Å². The first-order valence-electron chi connectivity index (χ1n) is 12.1. The number of nitrogens with zero attached hydrogens (tertiary/aromatic N) is 1. The second-order valence-corrected chi connectivity index (χ2v) is 11.8. The number of amides is 1. The number of hydrogen-bond acceptors (Lipinski definition) is 5. The molecule has 8 heteroatoms. The van der Waals surface area contributed by atoms with Crippen LogP contribution in [0.1, 0.15) is 50.5 Å². The molecule has 1 saturated heterocycles. The van der Waals surface area contributed by atoms with E-state index in [-0.39, 0.29) is 17.8 Å². The maximum absolute atomic E-state index is 14.3. The molecular weight excluding hydrogens is 473 g/mol. The quantitative estimate of drug-likeness (QED) is 0.476. The largest absolute Gasteiger partial charge is 0.488 e. The van der Waals surface area contributed by atoms with Gasteiger partial charge in [0.1, 0.15) is 11.6 Å². The maximum Gasteiger partial charge on any atom is 0.235 e. The normalized spacial score (nSPS) is 27.1. The third-order valence-electron chi connectivity index (χ3n) is 8.16. The van der Waals surface area contributed by atoms with E-state index in [1.165, 1.54) is 24.4 Å². The topological polar surface area (TPSA) is 53.6 Å². The second kappa shape index (κ2) is 8.32. The van der Waals surface area contributed by atoms with Crippen molar-refractivity contribution in [3.8, 4) is 5.75 Å². The first-order chi connectivity index (χ1) is 16.4. The molecule has 2 aromatic carbocycles. The van der Waals surface area contributed by atoms with Crippen molar-refractivity contribution in [3.63, 3.8) is 0 Å². The molecule has 2 N–H and O–H groups in total. The number of rotatable bonds is 5. The molecule has 2 saturated carbocycles. The molecule has 0 aromatic heterocycles. The van der Waals surface area contributed by atoms with E-state index in [0.717, 1.165) is 74.3 Å². The predicted octanol–water partition coefficient (Wildman–Crippen LogP) is 6.23. The molecule has 0 radical (unpaired) electrons. The summed E-state index contributed by atoms with van der Waals surface area (Å²) in [6.07, 6.45) is 7.28. The van der Waals surface area contributed by atoms with Gasteiger partial charge in [0.05, 0.1) is 22.1 Å². The molecule has 2 aromatic rings. The Labute approximate surface area is 208 Å². The highest BCUT2D eigenvalue weighted by molar-refractivity contribution is 8.00. The molecule has 2 spiro atoms. The minimum absolute atomic E-state index is 0.0842. The zero-order valence-corrected chi connectivity index (χ0v) is 20.8. The number of nitrogens with one attached hydrogen (secondary N) is 2. The summed E-state index contributed by atoms with van der Waals surface area (Å²) in [5.41, 5.74) is 2.56. The van der Waals surface area contributed by atoms with Crippen LogP contribution in [-0.4, -0.2) is 37.0 Å². The van der Waals surface area contributed by atoms with E-state index in [4.69, 9.17) is 16.3 Å². The van der Waals surface area contributed by atoms with Crippen molar-refractivity contribution in [2.45, 2.75) is 61.4 Å². The summed E-state index contributed by atoms with van der Waals surface area (Å²) in [7, 11) is 2.18. The average Bonchev–Trinajstić information content (AvgIpc) is 3.48. The molecule has 0 atom stereocenters. The van der Waals surface area contributed by atoms with Gasteiger partial charge in [-0.1, -0.05) is 24.4 Å². The molecule has 5 nitrogen and oxygen atoms in total. The van der Waals surface area contributed by atoms with Gasteiger partial charge in [0.25, 0.3) is 0 Å². The summed E-state index contributed by atoms with van der Waals surface area (Å²) in [6, 6.07) is 8.64. The predicted molar refractivity (Wildman–Crippen MR) is 134 cm³/mol. The minimum Gasteiger partial charge on any atom is -0.488 e. The first-order valence-corrected chi connectivity index (χ1v) is 13.3. The van der Waals surface area contributed by atoms with Gasteiger partial charge in [-0.2, -0.15) is 0 Å². The number of carbonyl (C=O) groups is 1. The van der Waals surface area contributed by atoms with Crippen LogP contribution in [0.2, 0.25) is 5.02 Å². The number of likely N-dealkylation sites (tertiary alicyclic amines) is 1. The standard InChI is InChI=1S/C26H29ClFN3O2S/c1-31-9-8-25(15-31)13-18(14-25)33-21-12-17(30-34-22-5-4-16(27)10-20(22)28)11-19-23(21)29-24(32)26(19)6-2-3-7-26/h4-5,10-12,18,30H,2-3,6-9,13-15H2,1H3,(H,29,32). The molecule has 3 fully saturated rings. The van der Waals surface area contributed by atoms with E-state index in [1.54, 1.807) is 12.1 Å². The Morgan fingerprint density at radius 1 is 1.21 bits per heavy atom. The first kappa shape index (κ1) is 22.5. The SMILES string of the molecule is CN1CCC2(CC(Oc3cc(NSc4ccc(Cl)cc4F)cc4c3NC(=O)C43CCCC3)C2)C1. The fraction of sp³-hybridized carbons (Fsp3) is 0.500. The van der Waals surface area contributed by atoms with Crippen LogP contribution in [-0.2, 0) is 10.2 Å². The summed E-state index contributed by atoms with van der Waals surface area (Å²) >= 11 is 7.09. The van der Waals surface area contributed by atoms with Gasteiger partial charge in [-0.05, 0) is 92.9 Å². The van der Waals surface area contributed by atoms with Crippen molar-refractivity contribution in [1.82, 2.24) is 4.90 Å². The van der Waals surface area contributed by atoms with E-state index in [0.29, 0.717) is 15.3 Å². The minimum atomic E-state index is -0.476. The van der Waals surface area contributed by atoms with Gasteiger partial charge in [-0.25, -0.2) is 4.39 Å². The van der Waals surface area contributed by atoms with Crippen molar-refractivity contribution >= 4 is 40.8 Å². The summed E-state index contributed by atoms with van der Waals surface area (Å²) in [5.74, 6) is 0.439. The summed E-state index contributed by atoms with van der Waals surface area (Å²) in [5, 5.41) is 3.53. The lowest BCUT2D eigenvalue weighted by atomic mass is 9.66. The summed E-state index contributed by atoms with van der Waals surface area (Å²) in [6.45, 7) is 2.29. The lowest BCUT2D eigenvalue weighted by Crippen LogP contribution is -2.45. The third-order valence-corrected chi connectivity index (χ3v) is 9.29. The van der Waals surface area contributed by atoms with Crippen LogP contribution in [0, 0.1) is 11.2 Å². The molecule has 180 valence electrons. The van der Waals surface area contributed by atoms with Gasteiger partial charge in [-0.15, -0.1) is 0 Å². The van der Waals surface area contributed by atoms with E-state index < -0.39 is 5.41 Å². The molecule has 34 heavy (non-hydrogen) atoms. The van der Waals surface area contributed by atoms with Crippen molar-refractivity contribution in [2.24, 2.45) is 5.41 Å². The Balaban J connectivity index is 1.28. The van der Waals surface area contributed by atoms with Crippen LogP contribution in [0.5, 0.6) is 5.75 Å². The number of carbonyl (C=O) groups excluding carboxylic acids is 1. The lowest BCUT2D eigenvalue weighted by Gasteiger charge is -2.45. The molecule has 2 aliphatic carbocycles. The van der Waals surface area contributed by atoms with Crippen molar-refractivity contribution in [1.29, 1.82) is 0 Å². The smallest absolute Gasteiger partial charge is 0.235 e. The number of halogens is 2. The van der Waals surface area contributed by atoms with Gasteiger partial charge in [-0.3, -0.25) is 4.79 Å². The number of hydrogen-bond donors (Lipinski definition) is 2. The maximum atomic E-state index is 14.3. The Bertz CT molecular complexity index is 1150. The molecule has 4 aliphatic rings. The highest BCUT2D eigenvalue weighted by Crippen LogP contribution is 2.55. The van der Waals surface area contributed by atoms with Gasteiger partial charge in [0, 0.05) is 23.3 Å². The van der Waals surface area contributed by atoms with Crippen molar-refractivity contribution in [2.75, 3.05) is 30.2 Å². The number of anilines is 2. The molecule has 0 unspecified atom stereocenters. The molecular formula is C26H29ClFN3O2S. The Kier molecular flexibility index (Phi) is 5.50. The zero-order chi connectivity index (χ0) is 23.5.